The number of hydrogen-bond donors (Lipinski definition) is 1. The van der Waals surface area contributed by atoms with Gasteiger partial charge in [-0.05, 0) is 57.1 Å². The van der Waals surface area contributed by atoms with E-state index in [4.69, 9.17) is 0 Å². The molecular weight excluding hydrogens is 202 g/mol. The van der Waals surface area contributed by atoms with Crippen LogP contribution in [0.1, 0.15) is 51.9 Å². The SMILES string of the molecule is CSCCCCN[C@H](C)C1CCCCC1. The summed E-state index contributed by atoms with van der Waals surface area (Å²) in [4.78, 5) is 0. The van der Waals surface area contributed by atoms with Crippen molar-refractivity contribution in [3.8, 4) is 0 Å². The minimum atomic E-state index is 0.750. The van der Waals surface area contributed by atoms with Crippen molar-refractivity contribution in [3.05, 3.63) is 0 Å². The second-order valence-electron chi connectivity index (χ2n) is 4.84. The molecule has 0 aromatic carbocycles. The fourth-order valence-electron chi connectivity index (χ4n) is 2.50. The maximum atomic E-state index is 3.70. The maximum absolute atomic E-state index is 3.70. The van der Waals surface area contributed by atoms with E-state index in [1.807, 2.05) is 11.8 Å². The number of hydrogen-bond acceptors (Lipinski definition) is 2. The van der Waals surface area contributed by atoms with Gasteiger partial charge in [0.1, 0.15) is 0 Å². The van der Waals surface area contributed by atoms with Crippen LogP contribution >= 0.6 is 11.8 Å². The van der Waals surface area contributed by atoms with E-state index >= 15 is 0 Å². The van der Waals surface area contributed by atoms with Crippen LogP contribution in [-0.4, -0.2) is 24.6 Å². The Labute approximate surface area is 99.8 Å². The fraction of sp³-hybridized carbons (Fsp3) is 1.00. The second-order valence-corrected chi connectivity index (χ2v) is 5.83. The monoisotopic (exact) mass is 229 g/mol. The van der Waals surface area contributed by atoms with E-state index < -0.39 is 0 Å². The van der Waals surface area contributed by atoms with Crippen molar-refractivity contribution < 1.29 is 0 Å². The molecule has 0 bridgehead atoms. The smallest absolute Gasteiger partial charge is 0.00669 e. The first-order chi connectivity index (χ1) is 7.34. The van der Waals surface area contributed by atoms with E-state index in [-0.39, 0.29) is 0 Å². The molecule has 0 aromatic rings. The molecule has 0 radical (unpaired) electrons. The Balaban J connectivity index is 1.99. The number of unbranched alkanes of at least 4 members (excludes halogenated alkanes) is 1. The summed E-state index contributed by atoms with van der Waals surface area (Å²) in [6, 6.07) is 0.750. The standard InChI is InChI=1S/C13H27NS/c1-12(13-8-4-3-5-9-13)14-10-6-7-11-15-2/h12-14H,3-11H2,1-2H3/t12-/m1/s1. The summed E-state index contributed by atoms with van der Waals surface area (Å²) in [7, 11) is 0. The van der Waals surface area contributed by atoms with E-state index in [9.17, 15) is 0 Å². The quantitative estimate of drug-likeness (QED) is 0.668. The summed E-state index contributed by atoms with van der Waals surface area (Å²) in [5.74, 6) is 2.28. The highest BCUT2D eigenvalue weighted by atomic mass is 32.2. The molecule has 1 aliphatic carbocycles. The molecule has 90 valence electrons. The molecule has 1 aliphatic rings. The lowest BCUT2D eigenvalue weighted by atomic mass is 9.84. The van der Waals surface area contributed by atoms with Gasteiger partial charge in [0, 0.05) is 6.04 Å². The first-order valence-electron chi connectivity index (χ1n) is 6.57. The van der Waals surface area contributed by atoms with E-state index in [0.717, 1.165) is 12.0 Å². The Kier molecular flexibility index (Phi) is 7.54. The lowest BCUT2D eigenvalue weighted by Gasteiger charge is -2.28. The molecule has 0 heterocycles. The van der Waals surface area contributed by atoms with Crippen molar-refractivity contribution in [1.29, 1.82) is 0 Å². The summed E-state index contributed by atoms with van der Waals surface area (Å²) in [6.45, 7) is 3.60. The van der Waals surface area contributed by atoms with Gasteiger partial charge in [-0.15, -0.1) is 0 Å². The molecule has 0 unspecified atom stereocenters. The first-order valence-corrected chi connectivity index (χ1v) is 7.96. The zero-order valence-corrected chi connectivity index (χ0v) is 11.2. The fourth-order valence-corrected chi connectivity index (χ4v) is 2.99. The van der Waals surface area contributed by atoms with Gasteiger partial charge >= 0.3 is 0 Å². The van der Waals surface area contributed by atoms with Gasteiger partial charge < -0.3 is 5.32 Å². The first kappa shape index (κ1) is 13.4. The summed E-state index contributed by atoms with van der Waals surface area (Å²) < 4.78 is 0. The largest absolute Gasteiger partial charge is 0.314 e. The minimum absolute atomic E-state index is 0.750. The molecule has 0 aromatic heterocycles. The molecule has 15 heavy (non-hydrogen) atoms. The van der Waals surface area contributed by atoms with Gasteiger partial charge in [-0.3, -0.25) is 0 Å². The van der Waals surface area contributed by atoms with E-state index in [1.54, 1.807) is 0 Å². The highest BCUT2D eigenvalue weighted by Crippen LogP contribution is 2.26. The van der Waals surface area contributed by atoms with Gasteiger partial charge in [0.25, 0.3) is 0 Å². The van der Waals surface area contributed by atoms with Gasteiger partial charge in [-0.1, -0.05) is 19.3 Å². The molecule has 1 nitrogen and oxygen atoms in total. The highest BCUT2D eigenvalue weighted by molar-refractivity contribution is 7.98. The van der Waals surface area contributed by atoms with Crippen molar-refractivity contribution >= 4 is 11.8 Å². The molecule has 0 spiro atoms. The maximum Gasteiger partial charge on any atom is 0.00669 e. The Hall–Kier alpha value is 0.310. The Morgan fingerprint density at radius 1 is 1.20 bits per heavy atom. The second kappa shape index (κ2) is 8.46. The van der Waals surface area contributed by atoms with Crippen LogP contribution in [0, 0.1) is 5.92 Å². The molecule has 0 saturated heterocycles. The number of nitrogens with one attached hydrogen (secondary N) is 1. The average Bonchev–Trinajstić information content (AvgIpc) is 2.30. The van der Waals surface area contributed by atoms with Crippen molar-refractivity contribution in [1.82, 2.24) is 5.32 Å². The van der Waals surface area contributed by atoms with Crippen LogP contribution in [0.4, 0.5) is 0 Å². The van der Waals surface area contributed by atoms with E-state index in [1.165, 1.54) is 57.2 Å². The molecule has 1 N–H and O–H groups in total. The van der Waals surface area contributed by atoms with Gasteiger partial charge in [0.2, 0.25) is 0 Å². The molecule has 2 heteroatoms. The molecule has 1 fully saturated rings. The van der Waals surface area contributed by atoms with Gasteiger partial charge in [0.05, 0.1) is 0 Å². The van der Waals surface area contributed by atoms with Crippen LogP contribution in [-0.2, 0) is 0 Å². The van der Waals surface area contributed by atoms with Crippen LogP contribution in [0.3, 0.4) is 0 Å². The predicted molar refractivity (Wildman–Crippen MR) is 71.7 cm³/mol. The van der Waals surface area contributed by atoms with Crippen LogP contribution < -0.4 is 5.32 Å². The molecular formula is C13H27NS. The van der Waals surface area contributed by atoms with Gasteiger partial charge in [-0.2, -0.15) is 11.8 Å². The minimum Gasteiger partial charge on any atom is -0.314 e. The zero-order chi connectivity index (χ0) is 10.9. The zero-order valence-electron chi connectivity index (χ0n) is 10.4. The normalized spacial score (nSPS) is 20.4. The molecule has 1 saturated carbocycles. The topological polar surface area (TPSA) is 12.0 Å². The van der Waals surface area contributed by atoms with Gasteiger partial charge in [0.15, 0.2) is 0 Å². The molecule has 0 aliphatic heterocycles. The molecule has 1 rings (SSSR count). The third kappa shape index (κ3) is 5.82. The third-order valence-corrected chi connectivity index (χ3v) is 4.30. The third-order valence-electron chi connectivity index (χ3n) is 3.60. The lowest BCUT2D eigenvalue weighted by molar-refractivity contribution is 0.281. The van der Waals surface area contributed by atoms with Crippen molar-refractivity contribution in [2.75, 3.05) is 18.6 Å². The van der Waals surface area contributed by atoms with Crippen LogP contribution in [0.15, 0.2) is 0 Å². The summed E-state index contributed by atoms with van der Waals surface area (Å²) in [6.07, 6.45) is 12.2. The van der Waals surface area contributed by atoms with Crippen LogP contribution in [0.5, 0.6) is 0 Å². The highest BCUT2D eigenvalue weighted by Gasteiger charge is 2.18. The number of rotatable bonds is 7. The molecule has 0 amide bonds. The Morgan fingerprint density at radius 3 is 2.60 bits per heavy atom. The Bertz CT molecular complexity index is 143. The number of thioether (sulfide) groups is 1. The summed E-state index contributed by atoms with van der Waals surface area (Å²) in [5, 5.41) is 3.70. The van der Waals surface area contributed by atoms with Crippen molar-refractivity contribution in [2.24, 2.45) is 5.92 Å². The lowest BCUT2D eigenvalue weighted by Crippen LogP contribution is -2.35. The predicted octanol–water partition coefficient (Wildman–Crippen LogP) is 3.69. The van der Waals surface area contributed by atoms with Crippen molar-refractivity contribution in [2.45, 2.75) is 57.9 Å². The van der Waals surface area contributed by atoms with E-state index in [0.29, 0.717) is 0 Å². The van der Waals surface area contributed by atoms with E-state index in [2.05, 4.69) is 18.5 Å². The summed E-state index contributed by atoms with van der Waals surface area (Å²) >= 11 is 1.96. The summed E-state index contributed by atoms with van der Waals surface area (Å²) in [5.41, 5.74) is 0. The van der Waals surface area contributed by atoms with Crippen LogP contribution in [0.2, 0.25) is 0 Å². The average molecular weight is 229 g/mol. The molecule has 1 atom stereocenters. The Morgan fingerprint density at radius 2 is 1.93 bits per heavy atom. The van der Waals surface area contributed by atoms with Gasteiger partial charge in [-0.25, -0.2) is 0 Å². The van der Waals surface area contributed by atoms with Crippen LogP contribution in [0.25, 0.3) is 0 Å². The van der Waals surface area contributed by atoms with Crippen molar-refractivity contribution in [3.63, 3.8) is 0 Å².